The van der Waals surface area contributed by atoms with Gasteiger partial charge in [0.2, 0.25) is 10.0 Å². The van der Waals surface area contributed by atoms with Crippen molar-refractivity contribution in [3.8, 4) is 0 Å². The third-order valence-electron chi connectivity index (χ3n) is 3.49. The average molecular weight is 397 g/mol. The van der Waals surface area contributed by atoms with Gasteiger partial charge in [-0.15, -0.1) is 0 Å². The van der Waals surface area contributed by atoms with Gasteiger partial charge < -0.3 is 0 Å². The molecule has 11 heteroatoms. The van der Waals surface area contributed by atoms with Gasteiger partial charge in [-0.1, -0.05) is 25.4 Å². The number of hydrogen-bond acceptors (Lipinski definition) is 4. The van der Waals surface area contributed by atoms with E-state index in [1.807, 2.05) is 0 Å². The van der Waals surface area contributed by atoms with Crippen molar-refractivity contribution in [3.63, 3.8) is 0 Å². The molecule has 0 saturated carbocycles. The summed E-state index contributed by atoms with van der Waals surface area (Å²) in [6.45, 7) is 3.70. The van der Waals surface area contributed by atoms with Crippen molar-refractivity contribution in [3.05, 3.63) is 41.2 Å². The summed E-state index contributed by atoms with van der Waals surface area (Å²) >= 11 is 5.53. The summed E-state index contributed by atoms with van der Waals surface area (Å²) < 4.78 is 66.2. The van der Waals surface area contributed by atoms with Crippen LogP contribution in [0.15, 0.2) is 35.5 Å². The van der Waals surface area contributed by atoms with Gasteiger partial charge in [0.25, 0.3) is 0 Å². The summed E-state index contributed by atoms with van der Waals surface area (Å²) in [5, 5.41) is 7.25. The molecule has 0 spiro atoms. The van der Waals surface area contributed by atoms with Crippen LogP contribution in [0.5, 0.6) is 0 Å². The Bertz CT molecular complexity index is 823. The minimum Gasteiger partial charge on any atom is -0.207 e. The standard InChI is InChI=1S/C14H16ClF3N4O2S/c1-9(2)13(8-22-19-5-6-20-22)21-25(23,24)10-3-4-12(15)11(7-10)14(16,17)18/h3-7,9,13,21H,8H2,1-2H3. The number of benzene rings is 1. The smallest absolute Gasteiger partial charge is 0.207 e. The van der Waals surface area contributed by atoms with Crippen molar-refractivity contribution >= 4 is 21.6 Å². The number of aromatic nitrogens is 3. The second-order valence-electron chi connectivity index (χ2n) is 5.70. The first-order chi connectivity index (χ1) is 11.5. The molecule has 6 nitrogen and oxygen atoms in total. The van der Waals surface area contributed by atoms with Crippen LogP contribution in [0.2, 0.25) is 5.02 Å². The molecule has 1 atom stereocenters. The highest BCUT2D eigenvalue weighted by molar-refractivity contribution is 7.89. The molecule has 1 unspecified atom stereocenters. The molecule has 138 valence electrons. The second-order valence-corrected chi connectivity index (χ2v) is 7.82. The van der Waals surface area contributed by atoms with Crippen molar-refractivity contribution in [1.29, 1.82) is 0 Å². The van der Waals surface area contributed by atoms with Crippen molar-refractivity contribution < 1.29 is 21.6 Å². The lowest BCUT2D eigenvalue weighted by Gasteiger charge is -2.22. The van der Waals surface area contributed by atoms with Crippen LogP contribution in [-0.4, -0.2) is 29.5 Å². The third-order valence-corrected chi connectivity index (χ3v) is 5.31. The first-order valence-electron chi connectivity index (χ1n) is 7.24. The van der Waals surface area contributed by atoms with Crippen LogP contribution in [0.25, 0.3) is 0 Å². The first-order valence-corrected chi connectivity index (χ1v) is 9.10. The number of hydrogen-bond donors (Lipinski definition) is 1. The van der Waals surface area contributed by atoms with Crippen LogP contribution in [0.3, 0.4) is 0 Å². The largest absolute Gasteiger partial charge is 0.417 e. The van der Waals surface area contributed by atoms with E-state index in [1.165, 1.54) is 17.2 Å². The van der Waals surface area contributed by atoms with E-state index in [2.05, 4.69) is 14.9 Å². The molecule has 0 aliphatic heterocycles. The van der Waals surface area contributed by atoms with Gasteiger partial charge in [-0.2, -0.15) is 28.2 Å². The molecular weight excluding hydrogens is 381 g/mol. The van der Waals surface area contributed by atoms with Crippen LogP contribution >= 0.6 is 11.6 Å². The van der Waals surface area contributed by atoms with Crippen molar-refractivity contribution in [2.24, 2.45) is 5.92 Å². The van der Waals surface area contributed by atoms with E-state index in [4.69, 9.17) is 11.6 Å². The molecular formula is C14H16ClF3N4O2S. The third kappa shape index (κ3) is 4.93. The Morgan fingerprint density at radius 2 is 1.84 bits per heavy atom. The van der Waals surface area contributed by atoms with Gasteiger partial charge in [0, 0.05) is 6.04 Å². The van der Waals surface area contributed by atoms with Crippen LogP contribution in [0.1, 0.15) is 19.4 Å². The monoisotopic (exact) mass is 396 g/mol. The maximum absolute atomic E-state index is 12.9. The van der Waals surface area contributed by atoms with Gasteiger partial charge in [0.1, 0.15) is 0 Å². The lowest BCUT2D eigenvalue weighted by molar-refractivity contribution is -0.137. The first kappa shape index (κ1) is 19.7. The predicted molar refractivity (Wildman–Crippen MR) is 85.4 cm³/mol. The number of sulfonamides is 1. The van der Waals surface area contributed by atoms with E-state index in [-0.39, 0.29) is 12.5 Å². The molecule has 1 aromatic heterocycles. The summed E-state index contributed by atoms with van der Waals surface area (Å²) in [5.41, 5.74) is -1.20. The van der Waals surface area contributed by atoms with Crippen molar-refractivity contribution in [2.45, 2.75) is 37.5 Å². The Morgan fingerprint density at radius 1 is 1.24 bits per heavy atom. The molecule has 0 aliphatic carbocycles. The highest BCUT2D eigenvalue weighted by atomic mass is 35.5. The van der Waals surface area contributed by atoms with E-state index in [1.54, 1.807) is 13.8 Å². The molecule has 0 amide bonds. The number of halogens is 4. The van der Waals surface area contributed by atoms with E-state index >= 15 is 0 Å². The van der Waals surface area contributed by atoms with E-state index in [9.17, 15) is 21.6 Å². The normalized spacial score (nSPS) is 14.0. The van der Waals surface area contributed by atoms with Gasteiger partial charge in [-0.05, 0) is 24.1 Å². The van der Waals surface area contributed by atoms with Crippen LogP contribution in [-0.2, 0) is 22.7 Å². The fraction of sp³-hybridized carbons (Fsp3) is 0.429. The topological polar surface area (TPSA) is 76.9 Å². The summed E-state index contributed by atoms with van der Waals surface area (Å²) in [6.07, 6.45) is -1.86. The molecule has 1 aromatic carbocycles. The summed E-state index contributed by atoms with van der Waals surface area (Å²) in [5.74, 6) is -0.143. The van der Waals surface area contributed by atoms with E-state index < -0.39 is 37.7 Å². The van der Waals surface area contributed by atoms with Crippen LogP contribution < -0.4 is 4.72 Å². The zero-order valence-electron chi connectivity index (χ0n) is 13.3. The number of nitrogens with zero attached hydrogens (tertiary/aromatic N) is 3. The lowest BCUT2D eigenvalue weighted by atomic mass is 10.1. The van der Waals surface area contributed by atoms with Gasteiger partial charge in [-0.25, -0.2) is 13.1 Å². The van der Waals surface area contributed by atoms with Crippen LogP contribution in [0.4, 0.5) is 13.2 Å². The SMILES string of the molecule is CC(C)C(Cn1nccn1)NS(=O)(=O)c1ccc(Cl)c(C(F)(F)F)c1. The maximum Gasteiger partial charge on any atom is 0.417 e. The second kappa shape index (κ2) is 7.30. The highest BCUT2D eigenvalue weighted by Crippen LogP contribution is 2.35. The van der Waals surface area contributed by atoms with Gasteiger partial charge in [-0.3, -0.25) is 0 Å². The molecule has 0 bridgehead atoms. The number of rotatable bonds is 6. The van der Waals surface area contributed by atoms with E-state index in [0.29, 0.717) is 6.07 Å². The summed E-state index contributed by atoms with van der Waals surface area (Å²) in [4.78, 5) is 0.791. The molecule has 25 heavy (non-hydrogen) atoms. The molecule has 2 aromatic rings. The van der Waals surface area contributed by atoms with Gasteiger partial charge in [0.05, 0.1) is 34.4 Å². The molecule has 1 N–H and O–H groups in total. The average Bonchev–Trinajstić information content (AvgIpc) is 2.98. The molecule has 0 radical (unpaired) electrons. The number of nitrogens with one attached hydrogen (secondary N) is 1. The molecule has 2 rings (SSSR count). The molecule has 0 saturated heterocycles. The zero-order chi connectivity index (χ0) is 18.8. The minimum atomic E-state index is -4.75. The fourth-order valence-electron chi connectivity index (χ4n) is 2.05. The Labute approximate surface area is 148 Å². The Kier molecular flexibility index (Phi) is 5.75. The van der Waals surface area contributed by atoms with Crippen LogP contribution in [0, 0.1) is 5.92 Å². The molecule has 0 aliphatic rings. The van der Waals surface area contributed by atoms with Crippen molar-refractivity contribution in [1.82, 2.24) is 19.7 Å². The maximum atomic E-state index is 12.9. The lowest BCUT2D eigenvalue weighted by Crippen LogP contribution is -2.42. The minimum absolute atomic E-state index is 0.142. The molecule has 0 fully saturated rings. The van der Waals surface area contributed by atoms with Crippen molar-refractivity contribution in [2.75, 3.05) is 0 Å². The van der Waals surface area contributed by atoms with E-state index in [0.717, 1.165) is 12.1 Å². The number of alkyl halides is 3. The fourth-order valence-corrected chi connectivity index (χ4v) is 3.68. The Morgan fingerprint density at radius 3 is 2.36 bits per heavy atom. The van der Waals surface area contributed by atoms with Gasteiger partial charge in [0.15, 0.2) is 0 Å². The predicted octanol–water partition coefficient (Wildman–Crippen LogP) is 2.95. The highest BCUT2D eigenvalue weighted by Gasteiger charge is 2.35. The van der Waals surface area contributed by atoms with Gasteiger partial charge >= 0.3 is 6.18 Å². The Hall–Kier alpha value is -1.65. The zero-order valence-corrected chi connectivity index (χ0v) is 14.9. The Balaban J connectivity index is 2.31. The molecule has 1 heterocycles. The quantitative estimate of drug-likeness (QED) is 0.814. The summed E-state index contributed by atoms with van der Waals surface area (Å²) in [6, 6.07) is 1.86. The summed E-state index contributed by atoms with van der Waals surface area (Å²) in [7, 11) is -4.18.